The maximum absolute atomic E-state index is 13.1. The van der Waals surface area contributed by atoms with Gasteiger partial charge in [0.15, 0.2) is 5.76 Å². The van der Waals surface area contributed by atoms with E-state index in [1.807, 2.05) is 42.5 Å². The fraction of sp³-hybridized carbons (Fsp3) is 0.375. The molecule has 0 aliphatic carbocycles. The zero-order valence-corrected chi connectivity index (χ0v) is 18.1. The van der Waals surface area contributed by atoms with Crippen LogP contribution in [-0.4, -0.2) is 49.9 Å². The maximum atomic E-state index is 13.1. The molecule has 1 amide bonds. The van der Waals surface area contributed by atoms with Gasteiger partial charge in [-0.05, 0) is 49.2 Å². The number of likely N-dealkylation sites (tertiary alicyclic amines) is 1. The van der Waals surface area contributed by atoms with Crippen molar-refractivity contribution in [2.24, 2.45) is 0 Å². The summed E-state index contributed by atoms with van der Waals surface area (Å²) in [6.45, 7) is 3.20. The van der Waals surface area contributed by atoms with E-state index in [0.29, 0.717) is 18.9 Å². The number of thioether (sulfide) groups is 1. The van der Waals surface area contributed by atoms with E-state index in [0.717, 1.165) is 35.1 Å². The molecule has 158 valence electrons. The number of ether oxygens (including phenoxy) is 2. The van der Waals surface area contributed by atoms with Gasteiger partial charge in [0, 0.05) is 12.3 Å². The smallest absolute Gasteiger partial charge is 0.287 e. The molecule has 0 radical (unpaired) electrons. The number of carbonyl (C=O) groups is 1. The molecule has 2 aliphatic rings. The van der Waals surface area contributed by atoms with Crippen molar-refractivity contribution in [3.63, 3.8) is 0 Å². The van der Waals surface area contributed by atoms with E-state index < -0.39 is 0 Å². The highest BCUT2D eigenvalue weighted by molar-refractivity contribution is 8.08. The average molecular weight is 425 g/mol. The molecular weight excluding hydrogens is 396 g/mol. The van der Waals surface area contributed by atoms with Crippen LogP contribution in [-0.2, 0) is 9.53 Å². The van der Waals surface area contributed by atoms with Crippen molar-refractivity contribution in [3.8, 4) is 5.75 Å². The Morgan fingerprint density at radius 2 is 1.87 bits per heavy atom. The molecule has 6 heteroatoms. The zero-order chi connectivity index (χ0) is 20.8. The Bertz CT molecular complexity index is 877. The minimum atomic E-state index is -0.140. The largest absolute Gasteiger partial charge is 0.497 e. The Morgan fingerprint density at radius 1 is 1.13 bits per heavy atom. The molecule has 2 aromatic rings. The van der Waals surface area contributed by atoms with Gasteiger partial charge in [-0.2, -0.15) is 0 Å². The molecule has 2 aliphatic heterocycles. The van der Waals surface area contributed by atoms with E-state index in [1.165, 1.54) is 18.4 Å². The van der Waals surface area contributed by atoms with E-state index in [1.54, 1.807) is 18.9 Å². The highest BCUT2D eigenvalue weighted by Gasteiger charge is 2.27. The van der Waals surface area contributed by atoms with Crippen LogP contribution < -0.4 is 10.1 Å². The summed E-state index contributed by atoms with van der Waals surface area (Å²) in [5.74, 6) is 1.99. The number of nitrogens with one attached hydrogen (secondary N) is 1. The Morgan fingerprint density at radius 3 is 2.57 bits per heavy atom. The van der Waals surface area contributed by atoms with Gasteiger partial charge in [0.1, 0.15) is 5.75 Å². The lowest BCUT2D eigenvalue weighted by Gasteiger charge is -2.29. The molecule has 1 fully saturated rings. The summed E-state index contributed by atoms with van der Waals surface area (Å²) in [5.41, 5.74) is 2.22. The number of benzene rings is 2. The van der Waals surface area contributed by atoms with Gasteiger partial charge in [0.2, 0.25) is 0 Å². The fourth-order valence-corrected chi connectivity index (χ4v) is 4.95. The van der Waals surface area contributed by atoms with Gasteiger partial charge >= 0.3 is 0 Å². The topological polar surface area (TPSA) is 50.8 Å². The first-order valence-corrected chi connectivity index (χ1v) is 11.5. The molecule has 0 spiro atoms. The van der Waals surface area contributed by atoms with Crippen molar-refractivity contribution in [1.29, 1.82) is 0 Å². The SMILES string of the molecule is COc1ccc(C(CNC(=O)C2=C(c3ccccc3)SCCO2)N2CCCC2)cc1. The predicted molar refractivity (Wildman–Crippen MR) is 121 cm³/mol. The van der Waals surface area contributed by atoms with Crippen LogP contribution in [0.2, 0.25) is 0 Å². The number of rotatable bonds is 7. The Balaban J connectivity index is 1.52. The molecule has 1 saturated heterocycles. The van der Waals surface area contributed by atoms with Crippen LogP contribution in [0.25, 0.3) is 4.91 Å². The second-order valence-electron chi connectivity index (χ2n) is 7.46. The molecule has 30 heavy (non-hydrogen) atoms. The van der Waals surface area contributed by atoms with Gasteiger partial charge in [0.25, 0.3) is 5.91 Å². The highest BCUT2D eigenvalue weighted by atomic mass is 32.2. The number of nitrogens with zero attached hydrogens (tertiary/aromatic N) is 1. The third-order valence-electron chi connectivity index (χ3n) is 5.56. The second kappa shape index (κ2) is 10.0. The summed E-state index contributed by atoms with van der Waals surface area (Å²) < 4.78 is 11.1. The lowest BCUT2D eigenvalue weighted by molar-refractivity contribution is -0.121. The van der Waals surface area contributed by atoms with Crippen LogP contribution in [0.5, 0.6) is 5.75 Å². The zero-order valence-electron chi connectivity index (χ0n) is 17.3. The second-order valence-corrected chi connectivity index (χ2v) is 8.57. The monoisotopic (exact) mass is 424 g/mol. The van der Waals surface area contributed by atoms with Crippen LogP contribution in [0.1, 0.15) is 30.0 Å². The first-order chi connectivity index (χ1) is 14.8. The van der Waals surface area contributed by atoms with E-state index in [-0.39, 0.29) is 11.9 Å². The lowest BCUT2D eigenvalue weighted by atomic mass is 10.1. The summed E-state index contributed by atoms with van der Waals surface area (Å²) >= 11 is 1.68. The van der Waals surface area contributed by atoms with Gasteiger partial charge in [0.05, 0.1) is 24.7 Å². The minimum Gasteiger partial charge on any atom is -0.497 e. The van der Waals surface area contributed by atoms with Crippen LogP contribution in [0.3, 0.4) is 0 Å². The minimum absolute atomic E-state index is 0.138. The molecule has 0 bridgehead atoms. The summed E-state index contributed by atoms with van der Waals surface area (Å²) in [6.07, 6.45) is 2.40. The normalized spacial score (nSPS) is 18.0. The van der Waals surface area contributed by atoms with Crippen LogP contribution in [0, 0.1) is 0 Å². The standard InChI is InChI=1S/C24H28N2O3S/c1-28-20-11-9-18(10-12-20)21(26-13-5-6-14-26)17-25-24(27)22-23(30-16-15-29-22)19-7-3-2-4-8-19/h2-4,7-12,21H,5-6,13-17H2,1H3,(H,25,27). The summed E-state index contributed by atoms with van der Waals surface area (Å²) in [4.78, 5) is 16.5. The summed E-state index contributed by atoms with van der Waals surface area (Å²) in [6, 6.07) is 18.3. The molecular formula is C24H28N2O3S. The molecule has 0 aromatic heterocycles. The quantitative estimate of drug-likeness (QED) is 0.726. The van der Waals surface area contributed by atoms with Crippen molar-refractivity contribution in [2.75, 3.05) is 39.1 Å². The molecule has 2 aromatic carbocycles. The Labute approximate surface area is 182 Å². The number of hydrogen-bond acceptors (Lipinski definition) is 5. The third kappa shape index (κ3) is 4.82. The third-order valence-corrected chi connectivity index (χ3v) is 6.64. The first kappa shape index (κ1) is 20.8. The lowest BCUT2D eigenvalue weighted by Crippen LogP contribution is -2.38. The molecule has 2 heterocycles. The highest BCUT2D eigenvalue weighted by Crippen LogP contribution is 2.35. The molecule has 1 unspecified atom stereocenters. The molecule has 1 atom stereocenters. The van der Waals surface area contributed by atoms with E-state index in [2.05, 4.69) is 22.3 Å². The van der Waals surface area contributed by atoms with Crippen molar-refractivity contribution in [2.45, 2.75) is 18.9 Å². The van der Waals surface area contributed by atoms with Crippen molar-refractivity contribution in [1.82, 2.24) is 10.2 Å². The van der Waals surface area contributed by atoms with Crippen molar-refractivity contribution >= 4 is 22.6 Å². The van der Waals surface area contributed by atoms with Gasteiger partial charge in [-0.25, -0.2) is 0 Å². The number of hydrogen-bond donors (Lipinski definition) is 1. The maximum Gasteiger partial charge on any atom is 0.287 e. The van der Waals surface area contributed by atoms with Gasteiger partial charge in [-0.15, -0.1) is 11.8 Å². The van der Waals surface area contributed by atoms with Crippen LogP contribution in [0.15, 0.2) is 60.4 Å². The van der Waals surface area contributed by atoms with Gasteiger partial charge in [-0.3, -0.25) is 9.69 Å². The molecule has 0 saturated carbocycles. The number of amides is 1. The van der Waals surface area contributed by atoms with Gasteiger partial charge in [-0.1, -0.05) is 42.5 Å². The van der Waals surface area contributed by atoms with Gasteiger partial charge < -0.3 is 14.8 Å². The first-order valence-electron chi connectivity index (χ1n) is 10.5. The molecule has 1 N–H and O–H groups in total. The molecule has 4 rings (SSSR count). The summed E-state index contributed by atoms with van der Waals surface area (Å²) in [5, 5.41) is 3.15. The molecule has 5 nitrogen and oxygen atoms in total. The summed E-state index contributed by atoms with van der Waals surface area (Å²) in [7, 11) is 1.67. The Hall–Kier alpha value is -2.44. The van der Waals surface area contributed by atoms with Crippen LogP contribution >= 0.6 is 11.8 Å². The van der Waals surface area contributed by atoms with Crippen LogP contribution in [0.4, 0.5) is 0 Å². The van der Waals surface area contributed by atoms with E-state index >= 15 is 0 Å². The number of methoxy groups -OCH3 is 1. The number of carbonyl (C=O) groups excluding carboxylic acids is 1. The average Bonchev–Trinajstić information content (AvgIpc) is 3.35. The van der Waals surface area contributed by atoms with Crippen molar-refractivity contribution in [3.05, 3.63) is 71.5 Å². The van der Waals surface area contributed by atoms with E-state index in [4.69, 9.17) is 9.47 Å². The fourth-order valence-electron chi connectivity index (χ4n) is 4.00. The van der Waals surface area contributed by atoms with Crippen molar-refractivity contribution < 1.29 is 14.3 Å². The Kier molecular flexibility index (Phi) is 6.97. The van der Waals surface area contributed by atoms with E-state index in [9.17, 15) is 4.79 Å². The predicted octanol–water partition coefficient (Wildman–Crippen LogP) is 4.08.